The Kier molecular flexibility index (Phi) is 4.07. The third kappa shape index (κ3) is 2.86. The second-order valence-corrected chi connectivity index (χ2v) is 5.95. The molecule has 0 amide bonds. The molecule has 0 aliphatic heterocycles. The van der Waals surface area contributed by atoms with Gasteiger partial charge in [0.15, 0.2) is 0 Å². The van der Waals surface area contributed by atoms with Crippen molar-refractivity contribution < 1.29 is 4.39 Å². The van der Waals surface area contributed by atoms with Crippen molar-refractivity contribution >= 4 is 0 Å². The number of rotatable bonds is 5. The fourth-order valence-corrected chi connectivity index (χ4v) is 3.40. The highest BCUT2D eigenvalue weighted by Crippen LogP contribution is 2.38. The first-order valence-corrected chi connectivity index (χ1v) is 7.75. The van der Waals surface area contributed by atoms with Crippen LogP contribution in [0.5, 0.6) is 0 Å². The number of hydrogen-bond donors (Lipinski definition) is 1. The first-order valence-electron chi connectivity index (χ1n) is 7.75. The molecule has 110 valence electrons. The SMILES string of the molecule is CCNC(Cc1ccc(F)cc1C)C1Cc2ccccc21. The summed E-state index contributed by atoms with van der Waals surface area (Å²) in [6, 6.07) is 14.3. The lowest BCUT2D eigenvalue weighted by Crippen LogP contribution is -2.41. The van der Waals surface area contributed by atoms with Crippen molar-refractivity contribution in [3.8, 4) is 0 Å². The van der Waals surface area contributed by atoms with E-state index in [1.54, 1.807) is 12.1 Å². The van der Waals surface area contributed by atoms with Crippen LogP contribution in [0.1, 0.15) is 35.1 Å². The van der Waals surface area contributed by atoms with Crippen molar-refractivity contribution in [2.75, 3.05) is 6.54 Å². The van der Waals surface area contributed by atoms with E-state index in [2.05, 4.69) is 36.5 Å². The molecule has 2 aromatic carbocycles. The van der Waals surface area contributed by atoms with Crippen molar-refractivity contribution in [3.05, 3.63) is 70.5 Å². The Morgan fingerprint density at radius 1 is 1.24 bits per heavy atom. The van der Waals surface area contributed by atoms with Crippen LogP contribution < -0.4 is 5.32 Å². The first kappa shape index (κ1) is 14.3. The van der Waals surface area contributed by atoms with Crippen molar-refractivity contribution in [2.45, 2.75) is 38.6 Å². The van der Waals surface area contributed by atoms with Crippen LogP contribution in [0.4, 0.5) is 4.39 Å². The summed E-state index contributed by atoms with van der Waals surface area (Å²) in [6.07, 6.45) is 2.10. The van der Waals surface area contributed by atoms with E-state index >= 15 is 0 Å². The molecule has 2 aromatic rings. The zero-order valence-electron chi connectivity index (χ0n) is 12.7. The van der Waals surface area contributed by atoms with E-state index in [9.17, 15) is 4.39 Å². The van der Waals surface area contributed by atoms with Crippen LogP contribution in [0.15, 0.2) is 42.5 Å². The van der Waals surface area contributed by atoms with Gasteiger partial charge in [0.05, 0.1) is 0 Å². The minimum absolute atomic E-state index is 0.148. The van der Waals surface area contributed by atoms with Crippen LogP contribution in [0, 0.1) is 12.7 Å². The van der Waals surface area contributed by atoms with Gasteiger partial charge in [-0.15, -0.1) is 0 Å². The van der Waals surface area contributed by atoms with Gasteiger partial charge in [-0.25, -0.2) is 4.39 Å². The number of hydrogen-bond acceptors (Lipinski definition) is 1. The highest BCUT2D eigenvalue weighted by atomic mass is 19.1. The molecule has 0 spiro atoms. The molecule has 2 heteroatoms. The average Bonchev–Trinajstić information content (AvgIpc) is 2.43. The monoisotopic (exact) mass is 283 g/mol. The number of likely N-dealkylation sites (N-methyl/N-ethyl adjacent to an activating group) is 1. The number of halogens is 1. The Balaban J connectivity index is 1.80. The predicted molar refractivity (Wildman–Crippen MR) is 85.2 cm³/mol. The standard InChI is InChI=1S/C19H22FN/c1-3-21-19(12-14-8-9-16(20)10-13(14)2)18-11-15-6-4-5-7-17(15)18/h4-10,18-19,21H,3,11-12H2,1-2H3. The molecule has 1 aliphatic rings. The molecule has 0 heterocycles. The maximum Gasteiger partial charge on any atom is 0.123 e. The maximum atomic E-state index is 13.3. The number of benzene rings is 2. The van der Waals surface area contributed by atoms with Crippen LogP contribution in [0.3, 0.4) is 0 Å². The van der Waals surface area contributed by atoms with Crippen molar-refractivity contribution in [1.82, 2.24) is 5.32 Å². The summed E-state index contributed by atoms with van der Waals surface area (Å²) >= 11 is 0. The van der Waals surface area contributed by atoms with E-state index in [-0.39, 0.29) is 5.82 Å². The normalized spacial score (nSPS) is 18.0. The average molecular weight is 283 g/mol. The van der Waals surface area contributed by atoms with E-state index in [0.717, 1.165) is 24.9 Å². The van der Waals surface area contributed by atoms with Crippen molar-refractivity contribution in [1.29, 1.82) is 0 Å². The molecule has 0 aromatic heterocycles. The van der Waals surface area contributed by atoms with E-state index in [1.165, 1.54) is 16.7 Å². The van der Waals surface area contributed by atoms with Crippen LogP contribution in [-0.2, 0) is 12.8 Å². The van der Waals surface area contributed by atoms with Crippen LogP contribution in [0.2, 0.25) is 0 Å². The smallest absolute Gasteiger partial charge is 0.123 e. The molecule has 0 radical (unpaired) electrons. The molecule has 0 fully saturated rings. The van der Waals surface area contributed by atoms with Gasteiger partial charge in [0.25, 0.3) is 0 Å². The number of nitrogens with one attached hydrogen (secondary N) is 1. The quantitative estimate of drug-likeness (QED) is 0.874. The molecule has 3 rings (SSSR count). The van der Waals surface area contributed by atoms with Gasteiger partial charge in [0.1, 0.15) is 5.82 Å². The fraction of sp³-hybridized carbons (Fsp3) is 0.368. The second kappa shape index (κ2) is 5.98. The van der Waals surface area contributed by atoms with Crippen molar-refractivity contribution in [3.63, 3.8) is 0 Å². The lowest BCUT2D eigenvalue weighted by molar-refractivity contribution is 0.404. The Morgan fingerprint density at radius 3 is 2.76 bits per heavy atom. The van der Waals surface area contributed by atoms with Gasteiger partial charge in [0.2, 0.25) is 0 Å². The Labute approximate surface area is 126 Å². The van der Waals surface area contributed by atoms with Gasteiger partial charge in [-0.3, -0.25) is 0 Å². The van der Waals surface area contributed by atoms with E-state index < -0.39 is 0 Å². The third-order valence-corrected chi connectivity index (χ3v) is 4.59. The van der Waals surface area contributed by atoms with Gasteiger partial charge in [-0.05, 0) is 60.7 Å². The molecule has 1 nitrogen and oxygen atoms in total. The Hall–Kier alpha value is -1.67. The van der Waals surface area contributed by atoms with Gasteiger partial charge >= 0.3 is 0 Å². The molecule has 0 saturated carbocycles. The van der Waals surface area contributed by atoms with E-state index in [1.807, 2.05) is 13.0 Å². The summed E-state index contributed by atoms with van der Waals surface area (Å²) in [5.41, 5.74) is 5.24. The molecule has 0 saturated heterocycles. The summed E-state index contributed by atoms with van der Waals surface area (Å²) in [5.74, 6) is 0.427. The summed E-state index contributed by atoms with van der Waals surface area (Å²) in [4.78, 5) is 0. The topological polar surface area (TPSA) is 12.0 Å². The molecule has 0 bridgehead atoms. The Morgan fingerprint density at radius 2 is 2.05 bits per heavy atom. The maximum absolute atomic E-state index is 13.3. The van der Waals surface area contributed by atoms with Crippen molar-refractivity contribution in [2.24, 2.45) is 0 Å². The molecular formula is C19H22FN. The molecular weight excluding hydrogens is 261 g/mol. The van der Waals surface area contributed by atoms with E-state index in [0.29, 0.717) is 12.0 Å². The summed E-state index contributed by atoms with van der Waals surface area (Å²) in [6.45, 7) is 5.11. The van der Waals surface area contributed by atoms with Crippen LogP contribution in [-0.4, -0.2) is 12.6 Å². The predicted octanol–water partition coefficient (Wildman–Crippen LogP) is 3.99. The van der Waals surface area contributed by atoms with Crippen LogP contribution in [0.25, 0.3) is 0 Å². The highest BCUT2D eigenvalue weighted by Gasteiger charge is 2.32. The zero-order chi connectivity index (χ0) is 14.8. The molecule has 2 unspecified atom stereocenters. The summed E-state index contributed by atoms with van der Waals surface area (Å²) in [5, 5.41) is 3.62. The van der Waals surface area contributed by atoms with E-state index in [4.69, 9.17) is 0 Å². The molecule has 21 heavy (non-hydrogen) atoms. The summed E-state index contributed by atoms with van der Waals surface area (Å²) in [7, 11) is 0. The molecule has 2 atom stereocenters. The first-order chi connectivity index (χ1) is 10.2. The lowest BCUT2D eigenvalue weighted by atomic mass is 9.72. The molecule has 1 N–H and O–H groups in total. The minimum atomic E-state index is -0.148. The minimum Gasteiger partial charge on any atom is -0.313 e. The largest absolute Gasteiger partial charge is 0.313 e. The second-order valence-electron chi connectivity index (χ2n) is 5.95. The van der Waals surface area contributed by atoms with Gasteiger partial charge in [-0.2, -0.15) is 0 Å². The lowest BCUT2D eigenvalue weighted by Gasteiger charge is -2.37. The van der Waals surface area contributed by atoms with Gasteiger partial charge in [-0.1, -0.05) is 37.3 Å². The zero-order valence-corrected chi connectivity index (χ0v) is 12.7. The number of aryl methyl sites for hydroxylation is 1. The molecule has 1 aliphatic carbocycles. The summed E-state index contributed by atoms with van der Waals surface area (Å²) < 4.78 is 13.3. The van der Waals surface area contributed by atoms with Crippen LogP contribution >= 0.6 is 0 Å². The third-order valence-electron chi connectivity index (χ3n) is 4.59. The highest BCUT2D eigenvalue weighted by molar-refractivity contribution is 5.42. The van der Waals surface area contributed by atoms with Gasteiger partial charge in [0, 0.05) is 12.0 Å². The van der Waals surface area contributed by atoms with Gasteiger partial charge < -0.3 is 5.32 Å². The number of fused-ring (bicyclic) bond motifs is 1. The Bertz CT molecular complexity index is 635. The fourth-order valence-electron chi connectivity index (χ4n) is 3.40.